The van der Waals surface area contributed by atoms with Gasteiger partial charge in [-0.2, -0.15) is 5.10 Å². The van der Waals surface area contributed by atoms with E-state index in [9.17, 15) is 0 Å². The van der Waals surface area contributed by atoms with E-state index in [-0.39, 0.29) is 0 Å². The number of rotatable bonds is 2. The predicted octanol–water partition coefficient (Wildman–Crippen LogP) is 0.350. The SMILES string of the molecule is C=C(C)/C=C\C(N)=N/N. The second kappa shape index (κ2) is 3.72. The summed E-state index contributed by atoms with van der Waals surface area (Å²) in [5.41, 5.74) is 6.14. The lowest BCUT2D eigenvalue weighted by atomic mass is 10.3. The molecule has 0 heterocycles. The summed E-state index contributed by atoms with van der Waals surface area (Å²) in [5, 5.41) is 3.23. The first kappa shape index (κ1) is 7.75. The van der Waals surface area contributed by atoms with Crippen molar-refractivity contribution in [1.29, 1.82) is 0 Å². The third kappa shape index (κ3) is 4.61. The Kier molecular flexibility index (Phi) is 3.20. The first-order valence-electron chi connectivity index (χ1n) is 2.53. The Morgan fingerprint density at radius 2 is 2.11 bits per heavy atom. The molecule has 0 saturated heterocycles. The van der Waals surface area contributed by atoms with Crippen molar-refractivity contribution < 1.29 is 0 Å². The van der Waals surface area contributed by atoms with Gasteiger partial charge in [0.15, 0.2) is 0 Å². The van der Waals surface area contributed by atoms with Crippen LogP contribution in [0.25, 0.3) is 0 Å². The van der Waals surface area contributed by atoms with Crippen molar-refractivity contribution in [2.24, 2.45) is 16.7 Å². The fourth-order valence-corrected chi connectivity index (χ4v) is 0.271. The maximum absolute atomic E-state index is 5.22. The lowest BCUT2D eigenvalue weighted by Gasteiger charge is -1.86. The number of hydrogen-bond donors (Lipinski definition) is 2. The molecule has 0 aliphatic heterocycles. The van der Waals surface area contributed by atoms with Crippen LogP contribution in [0.1, 0.15) is 6.92 Å². The minimum Gasteiger partial charge on any atom is -0.382 e. The first-order valence-corrected chi connectivity index (χ1v) is 2.53. The van der Waals surface area contributed by atoms with Crippen LogP contribution in [0.15, 0.2) is 29.4 Å². The van der Waals surface area contributed by atoms with Crippen molar-refractivity contribution in [2.75, 3.05) is 0 Å². The highest BCUT2D eigenvalue weighted by Gasteiger charge is 1.78. The minimum atomic E-state index is 0.304. The van der Waals surface area contributed by atoms with Crippen molar-refractivity contribution in [3.8, 4) is 0 Å². The molecular formula is C6H11N3. The van der Waals surface area contributed by atoms with Crippen LogP contribution < -0.4 is 11.6 Å². The minimum absolute atomic E-state index is 0.304. The van der Waals surface area contributed by atoms with Gasteiger partial charge in [-0.1, -0.05) is 18.2 Å². The van der Waals surface area contributed by atoms with E-state index in [0.717, 1.165) is 5.57 Å². The van der Waals surface area contributed by atoms with E-state index in [0.29, 0.717) is 5.84 Å². The molecule has 0 aromatic rings. The summed E-state index contributed by atoms with van der Waals surface area (Å²) in [5.74, 6) is 5.14. The molecule has 0 fully saturated rings. The summed E-state index contributed by atoms with van der Waals surface area (Å²) >= 11 is 0. The lowest BCUT2D eigenvalue weighted by molar-refractivity contribution is 1.24. The average molecular weight is 125 g/mol. The normalized spacial score (nSPS) is 12.3. The third-order valence-electron chi connectivity index (χ3n) is 0.688. The molecule has 0 aromatic carbocycles. The van der Waals surface area contributed by atoms with Crippen molar-refractivity contribution in [1.82, 2.24) is 0 Å². The molecule has 3 nitrogen and oxygen atoms in total. The maximum atomic E-state index is 5.22. The van der Waals surface area contributed by atoms with Gasteiger partial charge in [-0.05, 0) is 13.0 Å². The van der Waals surface area contributed by atoms with Gasteiger partial charge in [-0.25, -0.2) is 0 Å². The van der Waals surface area contributed by atoms with Crippen molar-refractivity contribution in [3.63, 3.8) is 0 Å². The van der Waals surface area contributed by atoms with E-state index in [2.05, 4.69) is 11.7 Å². The van der Waals surface area contributed by atoms with Crippen LogP contribution in [-0.4, -0.2) is 5.84 Å². The quantitative estimate of drug-likeness (QED) is 0.184. The fraction of sp³-hybridized carbons (Fsp3) is 0.167. The van der Waals surface area contributed by atoms with Crippen molar-refractivity contribution >= 4 is 5.84 Å². The Morgan fingerprint density at radius 1 is 1.56 bits per heavy atom. The largest absolute Gasteiger partial charge is 0.382 e. The van der Waals surface area contributed by atoms with E-state index in [1.54, 1.807) is 12.2 Å². The van der Waals surface area contributed by atoms with Crippen LogP contribution in [0, 0.1) is 0 Å². The monoisotopic (exact) mass is 125 g/mol. The van der Waals surface area contributed by atoms with Crippen molar-refractivity contribution in [2.45, 2.75) is 6.92 Å². The van der Waals surface area contributed by atoms with Crippen LogP contribution in [0.5, 0.6) is 0 Å². The number of amidine groups is 1. The molecule has 0 amide bonds. The molecule has 0 aliphatic carbocycles. The molecule has 9 heavy (non-hydrogen) atoms. The molecule has 0 aliphatic rings. The van der Waals surface area contributed by atoms with E-state index in [1.807, 2.05) is 6.92 Å². The maximum Gasteiger partial charge on any atom is 0.142 e. The van der Waals surface area contributed by atoms with Crippen molar-refractivity contribution in [3.05, 3.63) is 24.3 Å². The Balaban J connectivity index is 3.86. The summed E-state index contributed by atoms with van der Waals surface area (Å²) in [4.78, 5) is 0. The summed E-state index contributed by atoms with van der Waals surface area (Å²) in [6, 6.07) is 0. The summed E-state index contributed by atoms with van der Waals surface area (Å²) in [6.07, 6.45) is 3.34. The van der Waals surface area contributed by atoms with Crippen LogP contribution in [0.4, 0.5) is 0 Å². The number of nitrogens with two attached hydrogens (primary N) is 2. The van der Waals surface area contributed by atoms with Gasteiger partial charge in [0.2, 0.25) is 0 Å². The zero-order valence-corrected chi connectivity index (χ0v) is 5.46. The molecule has 0 spiro atoms. The Hall–Kier alpha value is -1.25. The molecule has 0 aromatic heterocycles. The average Bonchev–Trinajstić information content (AvgIpc) is 1.83. The number of allylic oxidation sites excluding steroid dienone is 2. The number of hydrazone groups is 1. The van der Waals surface area contributed by atoms with Gasteiger partial charge >= 0.3 is 0 Å². The molecule has 0 radical (unpaired) electrons. The van der Waals surface area contributed by atoms with Gasteiger partial charge in [0, 0.05) is 0 Å². The molecule has 0 bridgehead atoms. The molecule has 0 rings (SSSR count). The molecular weight excluding hydrogens is 114 g/mol. The van der Waals surface area contributed by atoms with Gasteiger partial charge in [-0.15, -0.1) is 0 Å². The predicted molar refractivity (Wildman–Crippen MR) is 39.8 cm³/mol. The smallest absolute Gasteiger partial charge is 0.142 e. The molecule has 0 saturated carbocycles. The van der Waals surface area contributed by atoms with Gasteiger partial charge < -0.3 is 11.6 Å². The van der Waals surface area contributed by atoms with Gasteiger partial charge in [0.1, 0.15) is 5.84 Å². The fourth-order valence-electron chi connectivity index (χ4n) is 0.271. The van der Waals surface area contributed by atoms with E-state index >= 15 is 0 Å². The highest BCUT2D eigenvalue weighted by Crippen LogP contribution is 1.86. The van der Waals surface area contributed by atoms with E-state index in [4.69, 9.17) is 11.6 Å². The van der Waals surface area contributed by atoms with Crippen LogP contribution in [0.2, 0.25) is 0 Å². The van der Waals surface area contributed by atoms with E-state index in [1.165, 1.54) is 0 Å². The van der Waals surface area contributed by atoms with E-state index < -0.39 is 0 Å². The molecule has 0 unspecified atom stereocenters. The zero-order valence-electron chi connectivity index (χ0n) is 5.46. The summed E-state index contributed by atoms with van der Waals surface area (Å²) < 4.78 is 0. The second-order valence-electron chi connectivity index (χ2n) is 1.73. The lowest BCUT2D eigenvalue weighted by Crippen LogP contribution is -2.09. The Bertz CT molecular complexity index is 156. The second-order valence-corrected chi connectivity index (χ2v) is 1.73. The standard InChI is InChI=1S/C6H11N3/c1-5(2)3-4-6(7)9-8/h3-4H,1,8H2,2H3,(H2,7,9)/b4-3-. The van der Waals surface area contributed by atoms with Gasteiger partial charge in [0.25, 0.3) is 0 Å². The molecule has 0 atom stereocenters. The highest BCUT2D eigenvalue weighted by atomic mass is 15.1. The van der Waals surface area contributed by atoms with Crippen LogP contribution in [0.3, 0.4) is 0 Å². The number of nitrogens with zero attached hydrogens (tertiary/aromatic N) is 1. The third-order valence-corrected chi connectivity index (χ3v) is 0.688. The molecule has 4 N–H and O–H groups in total. The van der Waals surface area contributed by atoms with Gasteiger partial charge in [0.05, 0.1) is 0 Å². The summed E-state index contributed by atoms with van der Waals surface area (Å²) in [6.45, 7) is 5.48. The Morgan fingerprint density at radius 3 is 2.44 bits per heavy atom. The topological polar surface area (TPSA) is 64.4 Å². The van der Waals surface area contributed by atoms with Crippen LogP contribution in [-0.2, 0) is 0 Å². The highest BCUT2D eigenvalue weighted by molar-refractivity contribution is 5.91. The molecule has 50 valence electrons. The summed E-state index contributed by atoms with van der Waals surface area (Å²) in [7, 11) is 0. The number of hydrogen-bond acceptors (Lipinski definition) is 2. The Labute approximate surface area is 54.7 Å². The van der Waals surface area contributed by atoms with Gasteiger partial charge in [-0.3, -0.25) is 0 Å². The van der Waals surface area contributed by atoms with Crippen LogP contribution >= 0.6 is 0 Å². The first-order chi connectivity index (χ1) is 4.16. The zero-order chi connectivity index (χ0) is 7.28. The molecule has 3 heteroatoms.